The minimum Gasteiger partial charge on any atom is -0.273 e. The average molecular weight is 489 g/mol. The first-order valence-corrected chi connectivity index (χ1v) is 11.6. The number of fused-ring (bicyclic) bond motifs is 2. The van der Waals surface area contributed by atoms with Crippen LogP contribution in [0, 0.1) is 5.92 Å². The normalized spacial score (nSPS) is 22.0. The van der Waals surface area contributed by atoms with Crippen LogP contribution in [0.5, 0.6) is 0 Å². The monoisotopic (exact) mass is 488 g/mol. The van der Waals surface area contributed by atoms with Gasteiger partial charge in [-0.15, -0.1) is 0 Å². The second-order valence-electron chi connectivity index (χ2n) is 8.37. The summed E-state index contributed by atoms with van der Waals surface area (Å²) in [5.41, 5.74) is 1.92. The van der Waals surface area contributed by atoms with Crippen LogP contribution in [0.15, 0.2) is 91.0 Å². The Kier molecular flexibility index (Phi) is 5.06. The SMILES string of the molecule is O=C1[C@@H]2[C@@H](c3ccc(Cl)cc3Cl)N(c3ccccc3)O[C@H]2C(=O)N1c1ccc2ccccc2c1. The number of hydrogen-bond acceptors (Lipinski definition) is 4. The molecule has 2 fully saturated rings. The van der Waals surface area contributed by atoms with Crippen LogP contribution in [0.25, 0.3) is 10.8 Å². The standard InChI is InChI=1S/C27H18Cl2N2O3/c28-18-11-13-21(22(29)15-18)24-23-25(34-31(24)19-8-2-1-3-9-19)27(33)30(26(23)32)20-12-10-16-6-4-5-7-17(16)14-20/h1-15,23-25H/t23-,24-,25-/m1/s1. The first-order chi connectivity index (χ1) is 16.5. The molecule has 0 radical (unpaired) electrons. The molecule has 5 nitrogen and oxygen atoms in total. The Morgan fingerprint density at radius 1 is 0.706 bits per heavy atom. The van der Waals surface area contributed by atoms with E-state index in [1.54, 1.807) is 29.3 Å². The lowest BCUT2D eigenvalue weighted by atomic mass is 9.90. The van der Waals surface area contributed by atoms with Crippen LogP contribution in [-0.4, -0.2) is 17.9 Å². The number of nitrogens with zero attached hydrogens (tertiary/aromatic N) is 2. The number of halogens is 2. The van der Waals surface area contributed by atoms with E-state index in [0.29, 0.717) is 21.3 Å². The van der Waals surface area contributed by atoms with Crippen molar-refractivity contribution in [1.29, 1.82) is 0 Å². The van der Waals surface area contributed by atoms with Gasteiger partial charge in [0.15, 0.2) is 6.10 Å². The number of carbonyl (C=O) groups is 2. The topological polar surface area (TPSA) is 49.9 Å². The molecule has 0 saturated carbocycles. The molecule has 4 aromatic carbocycles. The predicted molar refractivity (Wildman–Crippen MR) is 133 cm³/mol. The zero-order valence-corrected chi connectivity index (χ0v) is 19.3. The lowest BCUT2D eigenvalue weighted by molar-refractivity contribution is -0.126. The molecule has 0 unspecified atom stereocenters. The fourth-order valence-corrected chi connectivity index (χ4v) is 5.36. The van der Waals surface area contributed by atoms with Crippen molar-refractivity contribution in [2.75, 3.05) is 9.96 Å². The van der Waals surface area contributed by atoms with Crippen molar-refractivity contribution < 1.29 is 14.4 Å². The molecule has 34 heavy (non-hydrogen) atoms. The van der Waals surface area contributed by atoms with Gasteiger partial charge >= 0.3 is 0 Å². The number of benzene rings is 4. The smallest absolute Gasteiger partial charge is 0.266 e. The van der Waals surface area contributed by atoms with Crippen LogP contribution >= 0.6 is 23.2 Å². The summed E-state index contributed by atoms with van der Waals surface area (Å²) in [6, 6.07) is 27.3. The lowest BCUT2D eigenvalue weighted by Gasteiger charge is -2.29. The van der Waals surface area contributed by atoms with Crippen LogP contribution in [0.4, 0.5) is 11.4 Å². The molecule has 0 aliphatic carbocycles. The predicted octanol–water partition coefficient (Wildman–Crippen LogP) is 6.20. The van der Waals surface area contributed by atoms with E-state index in [2.05, 4.69) is 0 Å². The summed E-state index contributed by atoms with van der Waals surface area (Å²) in [6.07, 6.45) is -0.962. The highest BCUT2D eigenvalue weighted by Gasteiger charge is 2.60. The number of rotatable bonds is 3. The van der Waals surface area contributed by atoms with Gasteiger partial charge in [0, 0.05) is 10.0 Å². The van der Waals surface area contributed by atoms with E-state index < -0.39 is 24.0 Å². The van der Waals surface area contributed by atoms with Gasteiger partial charge < -0.3 is 0 Å². The fraction of sp³-hybridized carbons (Fsp3) is 0.111. The highest BCUT2D eigenvalue weighted by atomic mass is 35.5. The fourth-order valence-electron chi connectivity index (χ4n) is 4.84. The molecule has 0 bridgehead atoms. The van der Waals surface area contributed by atoms with Crippen LogP contribution < -0.4 is 9.96 Å². The van der Waals surface area contributed by atoms with Crippen molar-refractivity contribution in [3.05, 3.63) is 107 Å². The quantitative estimate of drug-likeness (QED) is 0.322. The molecule has 4 aromatic rings. The van der Waals surface area contributed by atoms with E-state index in [9.17, 15) is 9.59 Å². The highest BCUT2D eigenvalue weighted by molar-refractivity contribution is 6.35. The Balaban J connectivity index is 1.45. The van der Waals surface area contributed by atoms with Crippen molar-refractivity contribution in [1.82, 2.24) is 0 Å². The molecule has 2 amide bonds. The minimum absolute atomic E-state index is 0.320. The summed E-state index contributed by atoms with van der Waals surface area (Å²) < 4.78 is 0. The average Bonchev–Trinajstić information content (AvgIpc) is 3.35. The van der Waals surface area contributed by atoms with E-state index in [1.165, 1.54) is 4.90 Å². The third kappa shape index (κ3) is 3.28. The number of hydrogen-bond donors (Lipinski definition) is 0. The maximum atomic E-state index is 13.8. The van der Waals surface area contributed by atoms with Gasteiger partial charge in [0.25, 0.3) is 5.91 Å². The van der Waals surface area contributed by atoms with Crippen molar-refractivity contribution in [2.45, 2.75) is 12.1 Å². The molecule has 168 valence electrons. The number of carbonyl (C=O) groups excluding carboxylic acids is 2. The van der Waals surface area contributed by atoms with Gasteiger partial charge in [0.05, 0.1) is 17.4 Å². The number of amides is 2. The van der Waals surface area contributed by atoms with E-state index in [-0.39, 0.29) is 5.91 Å². The molecule has 0 N–H and O–H groups in total. The van der Waals surface area contributed by atoms with E-state index in [4.69, 9.17) is 28.0 Å². The van der Waals surface area contributed by atoms with Crippen molar-refractivity contribution in [3.63, 3.8) is 0 Å². The molecule has 0 aromatic heterocycles. The Morgan fingerprint density at radius 3 is 2.21 bits per heavy atom. The van der Waals surface area contributed by atoms with Gasteiger partial charge in [-0.3, -0.25) is 14.4 Å². The number of anilines is 2. The molecule has 7 heteroatoms. The highest BCUT2D eigenvalue weighted by Crippen LogP contribution is 2.49. The summed E-state index contributed by atoms with van der Waals surface area (Å²) in [5, 5.41) is 4.50. The number of para-hydroxylation sites is 1. The van der Waals surface area contributed by atoms with E-state index in [0.717, 1.165) is 16.5 Å². The molecule has 2 saturated heterocycles. The molecule has 6 rings (SSSR count). The molecular weight excluding hydrogens is 471 g/mol. The third-order valence-electron chi connectivity index (χ3n) is 6.40. The van der Waals surface area contributed by atoms with Crippen molar-refractivity contribution in [3.8, 4) is 0 Å². The molecule has 2 aliphatic heterocycles. The summed E-state index contributed by atoms with van der Waals surface area (Å²) in [7, 11) is 0. The second kappa shape index (κ2) is 8.13. The largest absolute Gasteiger partial charge is 0.273 e. The van der Waals surface area contributed by atoms with E-state index in [1.807, 2.05) is 66.7 Å². The van der Waals surface area contributed by atoms with Gasteiger partial charge in [-0.2, -0.15) is 0 Å². The Bertz CT molecular complexity index is 1440. The van der Waals surface area contributed by atoms with Crippen LogP contribution in [0.1, 0.15) is 11.6 Å². The number of imide groups is 1. The molecular formula is C27H18Cl2N2O3. The van der Waals surface area contributed by atoms with Crippen LogP contribution in [-0.2, 0) is 14.4 Å². The summed E-state index contributed by atoms with van der Waals surface area (Å²) in [4.78, 5) is 34.7. The Labute approximate surface area is 206 Å². The van der Waals surface area contributed by atoms with Gasteiger partial charge in [0.2, 0.25) is 5.91 Å². The van der Waals surface area contributed by atoms with Gasteiger partial charge in [-0.05, 0) is 52.7 Å². The second-order valence-corrected chi connectivity index (χ2v) is 9.21. The number of hydroxylamine groups is 1. The maximum absolute atomic E-state index is 13.8. The molecule has 2 aliphatic rings. The van der Waals surface area contributed by atoms with Crippen LogP contribution in [0.2, 0.25) is 10.0 Å². The van der Waals surface area contributed by atoms with Crippen molar-refractivity contribution in [2.24, 2.45) is 5.92 Å². The Hall–Kier alpha value is -3.38. The van der Waals surface area contributed by atoms with Crippen molar-refractivity contribution >= 4 is 57.2 Å². The zero-order chi connectivity index (χ0) is 23.4. The zero-order valence-electron chi connectivity index (χ0n) is 17.8. The minimum atomic E-state index is -0.962. The van der Waals surface area contributed by atoms with Gasteiger partial charge in [-0.25, -0.2) is 9.96 Å². The first kappa shape index (κ1) is 21.2. The molecule has 2 heterocycles. The Morgan fingerprint density at radius 2 is 1.44 bits per heavy atom. The maximum Gasteiger partial charge on any atom is 0.266 e. The third-order valence-corrected chi connectivity index (χ3v) is 6.96. The first-order valence-electron chi connectivity index (χ1n) is 10.9. The molecule has 3 atom stereocenters. The summed E-state index contributed by atoms with van der Waals surface area (Å²) in [6.45, 7) is 0. The molecule has 0 spiro atoms. The van der Waals surface area contributed by atoms with Crippen LogP contribution in [0.3, 0.4) is 0 Å². The van der Waals surface area contributed by atoms with Gasteiger partial charge in [0.1, 0.15) is 5.92 Å². The van der Waals surface area contributed by atoms with Gasteiger partial charge in [-0.1, -0.05) is 77.8 Å². The summed E-state index contributed by atoms with van der Waals surface area (Å²) in [5.74, 6) is -1.48. The van der Waals surface area contributed by atoms with E-state index >= 15 is 0 Å². The lowest BCUT2D eigenvalue weighted by Crippen LogP contribution is -2.37. The summed E-state index contributed by atoms with van der Waals surface area (Å²) >= 11 is 12.7.